The highest BCUT2D eigenvalue weighted by Gasteiger charge is 2.19. The highest BCUT2D eigenvalue weighted by molar-refractivity contribution is 5.89. The maximum atomic E-state index is 12.1. The first-order chi connectivity index (χ1) is 11.7. The molecule has 1 aromatic carbocycles. The summed E-state index contributed by atoms with van der Waals surface area (Å²) in [4.78, 5) is 12.1. The van der Waals surface area contributed by atoms with Crippen molar-refractivity contribution in [1.82, 2.24) is 15.1 Å². The molecule has 0 atom stereocenters. The molecule has 0 bridgehead atoms. The third-order valence-electron chi connectivity index (χ3n) is 4.50. The van der Waals surface area contributed by atoms with Crippen molar-refractivity contribution in [3.8, 4) is 11.5 Å². The van der Waals surface area contributed by atoms with Crippen molar-refractivity contribution in [2.75, 3.05) is 12.1 Å². The topological polar surface area (TPSA) is 77.4 Å². The zero-order valence-electron chi connectivity index (χ0n) is 13.6. The summed E-state index contributed by atoms with van der Waals surface area (Å²) in [6.07, 6.45) is 4.52. The van der Waals surface area contributed by atoms with Gasteiger partial charge in [-0.25, -0.2) is 4.79 Å². The average molecular weight is 328 g/mol. The molecule has 0 saturated heterocycles. The number of nitrogens with zero attached hydrogens (tertiary/aromatic N) is 2. The fourth-order valence-corrected chi connectivity index (χ4v) is 3.31. The van der Waals surface area contributed by atoms with E-state index in [1.807, 2.05) is 11.7 Å². The first-order valence-electron chi connectivity index (χ1n) is 8.19. The van der Waals surface area contributed by atoms with E-state index in [0.29, 0.717) is 23.7 Å². The van der Waals surface area contributed by atoms with E-state index in [1.165, 1.54) is 24.1 Å². The Morgan fingerprint density at radius 3 is 3.00 bits per heavy atom. The van der Waals surface area contributed by atoms with Gasteiger partial charge in [-0.3, -0.25) is 4.68 Å². The molecule has 0 unspecified atom stereocenters. The lowest BCUT2D eigenvalue weighted by molar-refractivity contribution is 0.174. The molecular weight excluding hydrogens is 308 g/mol. The summed E-state index contributed by atoms with van der Waals surface area (Å²) in [5, 5.41) is 10.2. The number of carbonyl (C=O) groups excluding carboxylic acids is 1. The van der Waals surface area contributed by atoms with Crippen molar-refractivity contribution in [2.45, 2.75) is 32.2 Å². The molecule has 2 N–H and O–H groups in total. The molecule has 2 amide bonds. The Bertz CT molecular complexity index is 784. The lowest BCUT2D eigenvalue weighted by atomic mass is 9.96. The van der Waals surface area contributed by atoms with Gasteiger partial charge in [0.2, 0.25) is 6.79 Å². The predicted molar refractivity (Wildman–Crippen MR) is 88.3 cm³/mol. The van der Waals surface area contributed by atoms with E-state index >= 15 is 0 Å². The molecule has 0 fully saturated rings. The number of benzene rings is 1. The van der Waals surface area contributed by atoms with E-state index in [1.54, 1.807) is 18.2 Å². The molecule has 0 saturated carbocycles. The predicted octanol–water partition coefficient (Wildman–Crippen LogP) is 2.35. The van der Waals surface area contributed by atoms with Crippen LogP contribution < -0.4 is 20.1 Å². The fraction of sp³-hybridized carbons (Fsp3) is 0.412. The van der Waals surface area contributed by atoms with Gasteiger partial charge in [0.25, 0.3) is 0 Å². The Balaban J connectivity index is 1.39. The number of aryl methyl sites for hydroxylation is 1. The highest BCUT2D eigenvalue weighted by Crippen LogP contribution is 2.34. The van der Waals surface area contributed by atoms with Crippen LogP contribution in [-0.2, 0) is 26.4 Å². The molecule has 1 aliphatic carbocycles. The quantitative estimate of drug-likeness (QED) is 0.907. The summed E-state index contributed by atoms with van der Waals surface area (Å²) in [7, 11) is 1.97. The fourth-order valence-electron chi connectivity index (χ4n) is 3.31. The summed E-state index contributed by atoms with van der Waals surface area (Å²) >= 11 is 0. The van der Waals surface area contributed by atoms with Crippen LogP contribution in [0.2, 0.25) is 0 Å². The third-order valence-corrected chi connectivity index (χ3v) is 4.50. The maximum absolute atomic E-state index is 12.1. The van der Waals surface area contributed by atoms with Crippen molar-refractivity contribution in [2.24, 2.45) is 7.05 Å². The summed E-state index contributed by atoms with van der Waals surface area (Å²) < 4.78 is 12.5. The highest BCUT2D eigenvalue weighted by atomic mass is 16.7. The van der Waals surface area contributed by atoms with Gasteiger partial charge < -0.3 is 20.1 Å². The molecule has 126 valence electrons. The Morgan fingerprint density at radius 1 is 1.25 bits per heavy atom. The van der Waals surface area contributed by atoms with Crippen LogP contribution in [0, 0.1) is 0 Å². The Kier molecular flexibility index (Phi) is 3.76. The van der Waals surface area contributed by atoms with Crippen molar-refractivity contribution in [1.29, 1.82) is 0 Å². The van der Waals surface area contributed by atoms with E-state index in [2.05, 4.69) is 15.7 Å². The van der Waals surface area contributed by atoms with E-state index in [4.69, 9.17) is 9.47 Å². The number of rotatable bonds is 3. The lowest BCUT2D eigenvalue weighted by Gasteiger charge is -2.13. The van der Waals surface area contributed by atoms with Crippen LogP contribution in [0.4, 0.5) is 10.5 Å². The Labute approximate surface area is 139 Å². The van der Waals surface area contributed by atoms with Gasteiger partial charge in [0.15, 0.2) is 11.5 Å². The van der Waals surface area contributed by atoms with Crippen LogP contribution in [0.3, 0.4) is 0 Å². The van der Waals surface area contributed by atoms with Crippen LogP contribution in [0.1, 0.15) is 29.8 Å². The van der Waals surface area contributed by atoms with Crippen molar-refractivity contribution < 1.29 is 14.3 Å². The number of anilines is 1. The second kappa shape index (κ2) is 6.07. The van der Waals surface area contributed by atoms with Crippen LogP contribution in [0.5, 0.6) is 11.5 Å². The molecule has 2 aliphatic rings. The SMILES string of the molecule is Cn1nc(CNC(=O)Nc2ccc3c(c2)OCO3)c2c1CCCC2. The van der Waals surface area contributed by atoms with E-state index < -0.39 is 0 Å². The third kappa shape index (κ3) is 2.77. The van der Waals surface area contributed by atoms with Gasteiger partial charge in [0, 0.05) is 24.5 Å². The van der Waals surface area contributed by atoms with Crippen LogP contribution in [0.15, 0.2) is 18.2 Å². The van der Waals surface area contributed by atoms with Gasteiger partial charge in [-0.2, -0.15) is 5.10 Å². The molecule has 0 spiro atoms. The summed E-state index contributed by atoms with van der Waals surface area (Å²) in [5.41, 5.74) is 4.23. The maximum Gasteiger partial charge on any atom is 0.319 e. The number of aromatic nitrogens is 2. The van der Waals surface area contributed by atoms with Crippen molar-refractivity contribution in [3.05, 3.63) is 35.2 Å². The zero-order valence-corrected chi connectivity index (χ0v) is 13.6. The molecule has 2 aromatic rings. The molecular formula is C17H20N4O3. The minimum absolute atomic E-state index is 0.218. The van der Waals surface area contributed by atoms with Gasteiger partial charge in [-0.05, 0) is 43.4 Å². The normalized spacial score (nSPS) is 15.0. The van der Waals surface area contributed by atoms with Gasteiger partial charge >= 0.3 is 6.03 Å². The number of amides is 2. The zero-order chi connectivity index (χ0) is 16.5. The minimum atomic E-state index is -0.260. The average Bonchev–Trinajstić information content (AvgIpc) is 3.18. The molecule has 2 heterocycles. The van der Waals surface area contributed by atoms with Gasteiger partial charge in [0.05, 0.1) is 12.2 Å². The molecule has 1 aliphatic heterocycles. The monoisotopic (exact) mass is 328 g/mol. The van der Waals surface area contributed by atoms with Gasteiger partial charge in [0.1, 0.15) is 0 Å². The number of fused-ring (bicyclic) bond motifs is 2. The minimum Gasteiger partial charge on any atom is -0.454 e. The largest absolute Gasteiger partial charge is 0.454 e. The van der Waals surface area contributed by atoms with Crippen LogP contribution >= 0.6 is 0 Å². The molecule has 4 rings (SSSR count). The van der Waals surface area contributed by atoms with Gasteiger partial charge in [-0.15, -0.1) is 0 Å². The van der Waals surface area contributed by atoms with Crippen LogP contribution in [0.25, 0.3) is 0 Å². The van der Waals surface area contributed by atoms with Crippen molar-refractivity contribution in [3.63, 3.8) is 0 Å². The molecule has 0 radical (unpaired) electrons. The van der Waals surface area contributed by atoms with Gasteiger partial charge in [-0.1, -0.05) is 0 Å². The van der Waals surface area contributed by atoms with Crippen LogP contribution in [-0.4, -0.2) is 22.6 Å². The standard InChI is InChI=1S/C17H20N4O3/c1-21-14-5-3-2-4-12(14)13(20-21)9-18-17(22)19-11-6-7-15-16(8-11)24-10-23-15/h6-8H,2-5,9-10H2,1H3,(H2,18,19,22). The smallest absolute Gasteiger partial charge is 0.319 e. The summed E-state index contributed by atoms with van der Waals surface area (Å²) in [6.45, 7) is 0.648. The number of ether oxygens (including phenoxy) is 2. The number of urea groups is 1. The number of carbonyl (C=O) groups is 1. The summed E-state index contributed by atoms with van der Waals surface area (Å²) in [5.74, 6) is 1.34. The number of hydrogen-bond donors (Lipinski definition) is 2. The van der Waals surface area contributed by atoms with E-state index in [0.717, 1.165) is 18.5 Å². The number of nitrogens with one attached hydrogen (secondary N) is 2. The van der Waals surface area contributed by atoms with Crippen molar-refractivity contribution >= 4 is 11.7 Å². The number of hydrogen-bond acceptors (Lipinski definition) is 4. The molecule has 7 nitrogen and oxygen atoms in total. The molecule has 1 aromatic heterocycles. The second-order valence-electron chi connectivity index (χ2n) is 6.08. The molecule has 7 heteroatoms. The first kappa shape index (κ1) is 14.9. The summed E-state index contributed by atoms with van der Waals surface area (Å²) in [6, 6.07) is 5.07. The Morgan fingerprint density at radius 2 is 2.08 bits per heavy atom. The molecule has 24 heavy (non-hydrogen) atoms. The first-order valence-corrected chi connectivity index (χ1v) is 8.19. The Hall–Kier alpha value is -2.70. The van der Waals surface area contributed by atoms with E-state index in [-0.39, 0.29) is 12.8 Å². The second-order valence-corrected chi connectivity index (χ2v) is 6.08. The lowest BCUT2D eigenvalue weighted by Crippen LogP contribution is -2.28. The van der Waals surface area contributed by atoms with E-state index in [9.17, 15) is 4.79 Å².